The van der Waals surface area contributed by atoms with Crippen molar-refractivity contribution in [2.75, 3.05) is 6.61 Å². The first kappa shape index (κ1) is 63.5. The molecule has 1 amide bonds. The van der Waals surface area contributed by atoms with Crippen LogP contribution in [0.5, 0.6) is 0 Å². The van der Waals surface area contributed by atoms with Gasteiger partial charge in [-0.3, -0.25) is 13.8 Å². The average Bonchev–Trinajstić information content (AvgIpc) is 3.30. The number of hydrogen-bond donors (Lipinski definition) is 9. The lowest BCUT2D eigenvalue weighted by molar-refractivity contribution is -0.220. The number of phosphoric acid groups is 1. The van der Waals surface area contributed by atoms with Gasteiger partial charge in [-0.15, -0.1) is 0 Å². The number of hydrogen-bond acceptors (Lipinski definition) is 11. The Bertz CT molecular complexity index is 1290. The number of phosphoric ester groups is 1. The van der Waals surface area contributed by atoms with E-state index in [1.807, 2.05) is 0 Å². The van der Waals surface area contributed by atoms with Crippen LogP contribution in [0, 0.1) is 0 Å². The third-order valence-electron chi connectivity index (χ3n) is 13.0. The molecule has 0 aromatic rings. The summed E-state index contributed by atoms with van der Waals surface area (Å²) in [6, 6.07) is -1.26. The lowest BCUT2D eigenvalue weighted by Crippen LogP contribution is -2.64. The van der Waals surface area contributed by atoms with E-state index in [1.165, 1.54) is 154 Å². The first-order valence-corrected chi connectivity index (χ1v) is 28.5. The standard InChI is InChI=1S/C53H100NO12P/c1-3-5-7-9-11-13-15-17-19-21-22-23-24-25-26-28-30-32-34-36-38-40-44(55)42-47(57)54-45(43-65-67(63,64)66-53-51(61)49(59)48(58)50(60)52(53)62)46(56)41-39-37-35-33-31-29-27-20-18-16-14-12-10-8-6-4-2/h18,20,31,33,39,41,44-46,48-53,55-56,58-62H,3-17,19,21-30,32,34-38,40,42-43H2,1-2H3,(H,54,57)(H,63,64)/b20-18+,33-31+,41-39+. The second-order valence-electron chi connectivity index (χ2n) is 19.3. The minimum Gasteiger partial charge on any atom is -0.393 e. The zero-order chi connectivity index (χ0) is 49.4. The minimum atomic E-state index is -5.16. The number of aliphatic hydroxyl groups excluding tert-OH is 7. The number of rotatable bonds is 45. The van der Waals surface area contributed by atoms with E-state index >= 15 is 0 Å². The number of unbranched alkanes of at least 4 members (excludes halogenated alkanes) is 28. The van der Waals surface area contributed by atoms with E-state index in [1.54, 1.807) is 6.08 Å². The quantitative estimate of drug-likeness (QED) is 0.0158. The zero-order valence-electron chi connectivity index (χ0n) is 42.1. The minimum absolute atomic E-state index is 0.253. The molecular formula is C53H100NO12P. The number of nitrogens with one attached hydrogen (secondary N) is 1. The summed E-state index contributed by atoms with van der Waals surface area (Å²) in [4.78, 5) is 23.5. The maximum Gasteiger partial charge on any atom is 0.472 e. The van der Waals surface area contributed by atoms with E-state index in [9.17, 15) is 50.0 Å². The number of aliphatic hydroxyl groups is 7. The Labute approximate surface area is 406 Å². The lowest BCUT2D eigenvalue weighted by Gasteiger charge is -2.41. The molecule has 0 aromatic heterocycles. The summed E-state index contributed by atoms with van der Waals surface area (Å²) < 4.78 is 22.9. The normalized spacial score (nSPS) is 22.5. The molecule has 0 saturated heterocycles. The highest BCUT2D eigenvalue weighted by atomic mass is 31.2. The maximum absolute atomic E-state index is 13.1. The molecule has 0 aromatic carbocycles. The number of amides is 1. The summed E-state index contributed by atoms with van der Waals surface area (Å²) in [7, 11) is -5.16. The molecule has 8 unspecified atom stereocenters. The van der Waals surface area contributed by atoms with Gasteiger partial charge in [0.1, 0.15) is 36.6 Å². The van der Waals surface area contributed by atoms with Crippen molar-refractivity contribution >= 4 is 13.7 Å². The van der Waals surface area contributed by atoms with Gasteiger partial charge in [-0.2, -0.15) is 0 Å². The second kappa shape index (κ2) is 42.2. The van der Waals surface area contributed by atoms with Crippen LogP contribution in [-0.2, 0) is 18.4 Å². The molecule has 0 heterocycles. The topological polar surface area (TPSA) is 226 Å². The Morgan fingerprint density at radius 2 is 0.881 bits per heavy atom. The monoisotopic (exact) mass is 974 g/mol. The Kier molecular flexibility index (Phi) is 40.0. The van der Waals surface area contributed by atoms with E-state index in [0.29, 0.717) is 19.3 Å². The first-order chi connectivity index (χ1) is 32.3. The van der Waals surface area contributed by atoms with Crippen LogP contribution in [0.4, 0.5) is 0 Å². The largest absolute Gasteiger partial charge is 0.472 e. The average molecular weight is 974 g/mol. The van der Waals surface area contributed by atoms with Crippen LogP contribution in [0.25, 0.3) is 0 Å². The number of carbonyl (C=O) groups is 1. The highest BCUT2D eigenvalue weighted by Crippen LogP contribution is 2.47. The van der Waals surface area contributed by atoms with Gasteiger partial charge < -0.3 is 46.0 Å². The molecule has 1 aliphatic rings. The maximum atomic E-state index is 13.1. The summed E-state index contributed by atoms with van der Waals surface area (Å²) in [5, 5.41) is 74.7. The molecule has 1 aliphatic carbocycles. The molecule has 0 radical (unpaired) electrons. The summed E-state index contributed by atoms with van der Waals surface area (Å²) in [6.07, 6.45) is 36.6. The van der Waals surface area contributed by atoms with Gasteiger partial charge in [0.05, 0.1) is 31.3 Å². The van der Waals surface area contributed by atoms with Crippen molar-refractivity contribution in [1.82, 2.24) is 5.32 Å². The van der Waals surface area contributed by atoms with Crippen LogP contribution < -0.4 is 5.32 Å². The van der Waals surface area contributed by atoms with Gasteiger partial charge in [-0.1, -0.05) is 217 Å². The van der Waals surface area contributed by atoms with Crippen molar-refractivity contribution in [3.8, 4) is 0 Å². The molecule has 394 valence electrons. The smallest absolute Gasteiger partial charge is 0.393 e. The van der Waals surface area contributed by atoms with Gasteiger partial charge in [-0.25, -0.2) is 4.57 Å². The summed E-state index contributed by atoms with van der Waals surface area (Å²) in [5.74, 6) is -0.604. The molecule has 1 fully saturated rings. The molecule has 0 bridgehead atoms. The fraction of sp³-hybridized carbons (Fsp3) is 0.868. The van der Waals surface area contributed by atoms with Crippen molar-refractivity contribution in [2.24, 2.45) is 0 Å². The van der Waals surface area contributed by atoms with Crippen molar-refractivity contribution < 1.29 is 59.0 Å². The van der Waals surface area contributed by atoms with Gasteiger partial charge in [-0.05, 0) is 44.9 Å². The van der Waals surface area contributed by atoms with Gasteiger partial charge in [0.15, 0.2) is 0 Å². The third-order valence-corrected chi connectivity index (χ3v) is 13.9. The molecule has 1 rings (SSSR count). The molecule has 13 nitrogen and oxygen atoms in total. The summed E-state index contributed by atoms with van der Waals surface area (Å²) >= 11 is 0. The first-order valence-electron chi connectivity index (χ1n) is 27.0. The zero-order valence-corrected chi connectivity index (χ0v) is 43.0. The van der Waals surface area contributed by atoms with E-state index in [4.69, 9.17) is 9.05 Å². The predicted octanol–water partition coefficient (Wildman–Crippen LogP) is 10.5. The number of allylic oxidation sites excluding steroid dienone is 5. The fourth-order valence-electron chi connectivity index (χ4n) is 8.57. The molecule has 0 spiro atoms. The Morgan fingerprint density at radius 3 is 1.31 bits per heavy atom. The summed E-state index contributed by atoms with van der Waals surface area (Å²) in [5.41, 5.74) is 0. The van der Waals surface area contributed by atoms with Gasteiger partial charge in [0.2, 0.25) is 5.91 Å². The third kappa shape index (κ3) is 33.7. The lowest BCUT2D eigenvalue weighted by atomic mass is 9.85. The highest BCUT2D eigenvalue weighted by molar-refractivity contribution is 7.47. The molecule has 9 N–H and O–H groups in total. The SMILES string of the molecule is CCCCCCCC/C=C/CC/C=C/CC/C=C/C(O)C(COP(=O)(O)OC1C(O)C(O)C(O)C(O)C1O)NC(=O)CC(O)CCCCCCCCCCCCCCCCCCCCCCC. The van der Waals surface area contributed by atoms with E-state index in [-0.39, 0.29) is 6.42 Å². The van der Waals surface area contributed by atoms with Crippen LogP contribution >= 0.6 is 7.82 Å². The van der Waals surface area contributed by atoms with Crippen LogP contribution in [-0.4, -0.2) is 108 Å². The molecule has 67 heavy (non-hydrogen) atoms. The second-order valence-corrected chi connectivity index (χ2v) is 20.7. The fourth-order valence-corrected chi connectivity index (χ4v) is 9.54. The Hall–Kier alpha value is -1.48. The van der Waals surface area contributed by atoms with Crippen molar-refractivity contribution in [1.29, 1.82) is 0 Å². The highest BCUT2D eigenvalue weighted by Gasteiger charge is 2.51. The molecule has 0 aliphatic heterocycles. The Balaban J connectivity index is 2.45. The van der Waals surface area contributed by atoms with E-state index < -0.39 is 75.2 Å². The van der Waals surface area contributed by atoms with Crippen LogP contribution in [0.2, 0.25) is 0 Å². The van der Waals surface area contributed by atoms with Gasteiger partial charge in [0.25, 0.3) is 0 Å². The van der Waals surface area contributed by atoms with E-state index in [2.05, 4.69) is 43.5 Å². The molecule has 14 heteroatoms. The van der Waals surface area contributed by atoms with Crippen LogP contribution in [0.15, 0.2) is 36.5 Å². The van der Waals surface area contributed by atoms with Gasteiger partial charge in [0, 0.05) is 0 Å². The molecular weight excluding hydrogens is 874 g/mol. The number of carbonyl (C=O) groups excluding carboxylic acids is 1. The van der Waals surface area contributed by atoms with Crippen molar-refractivity contribution in [3.63, 3.8) is 0 Å². The van der Waals surface area contributed by atoms with E-state index in [0.717, 1.165) is 44.9 Å². The molecule has 8 atom stereocenters. The van der Waals surface area contributed by atoms with Crippen molar-refractivity contribution in [3.05, 3.63) is 36.5 Å². The van der Waals surface area contributed by atoms with Crippen LogP contribution in [0.1, 0.15) is 232 Å². The van der Waals surface area contributed by atoms with Gasteiger partial charge >= 0.3 is 7.82 Å². The van der Waals surface area contributed by atoms with Crippen molar-refractivity contribution in [2.45, 2.75) is 287 Å². The Morgan fingerprint density at radius 1 is 0.522 bits per heavy atom. The van der Waals surface area contributed by atoms with Crippen LogP contribution in [0.3, 0.4) is 0 Å². The molecule has 1 saturated carbocycles. The summed E-state index contributed by atoms with van der Waals surface area (Å²) in [6.45, 7) is 3.74. The predicted molar refractivity (Wildman–Crippen MR) is 270 cm³/mol.